The maximum absolute atomic E-state index is 14.1. The van der Waals surface area contributed by atoms with Crippen molar-refractivity contribution in [3.8, 4) is 5.69 Å². The highest BCUT2D eigenvalue weighted by Crippen LogP contribution is 2.31. The van der Waals surface area contributed by atoms with Crippen LogP contribution in [-0.4, -0.2) is 63.8 Å². The molecule has 1 aliphatic rings. The van der Waals surface area contributed by atoms with Crippen LogP contribution < -0.4 is 4.90 Å². The summed E-state index contributed by atoms with van der Waals surface area (Å²) in [4.78, 5) is 20.8. The molecule has 1 amide bonds. The van der Waals surface area contributed by atoms with E-state index in [1.807, 2.05) is 53.9 Å². The van der Waals surface area contributed by atoms with Crippen LogP contribution in [0.25, 0.3) is 5.69 Å². The van der Waals surface area contributed by atoms with E-state index < -0.39 is 0 Å². The molecule has 1 aromatic carbocycles. The van der Waals surface area contributed by atoms with Gasteiger partial charge in [-0.25, -0.2) is 9.07 Å². The topological polar surface area (TPSA) is 44.6 Å². The summed E-state index contributed by atoms with van der Waals surface area (Å²) in [7, 11) is 0. The molecule has 0 unspecified atom stereocenters. The van der Waals surface area contributed by atoms with Crippen LogP contribution in [0, 0.1) is 12.7 Å². The second kappa shape index (κ2) is 10.3. The molecule has 2 aromatic heterocycles. The maximum atomic E-state index is 14.1. The van der Waals surface area contributed by atoms with E-state index in [1.54, 1.807) is 6.07 Å². The lowest BCUT2D eigenvalue weighted by Gasteiger charge is -2.39. The van der Waals surface area contributed by atoms with E-state index in [0.29, 0.717) is 18.3 Å². The Hall–Kier alpha value is -2.71. The minimum Gasteiger partial charge on any atom is -0.354 e. The highest BCUT2D eigenvalue weighted by Gasteiger charge is 2.29. The summed E-state index contributed by atoms with van der Waals surface area (Å²) >= 11 is 1.46. The standard InChI is InChI=1S/C26H34FN5OS/c1-18(2)29-11-13-30(14-12-29)25-23(17-31(19(3)4)26(33)24-10-7-15-34-24)20(5)28-32(25)22-9-6-8-21(27)16-22/h6-10,15-16,18-19H,11-14,17H2,1-5H3. The Morgan fingerprint density at radius 3 is 2.44 bits per heavy atom. The van der Waals surface area contributed by atoms with E-state index in [0.717, 1.165) is 48.1 Å². The molecule has 8 heteroatoms. The number of aromatic nitrogens is 2. The molecule has 0 radical (unpaired) electrons. The molecule has 0 aliphatic carbocycles. The summed E-state index contributed by atoms with van der Waals surface area (Å²) < 4.78 is 16.0. The highest BCUT2D eigenvalue weighted by molar-refractivity contribution is 7.12. The largest absolute Gasteiger partial charge is 0.354 e. The lowest BCUT2D eigenvalue weighted by Crippen LogP contribution is -2.49. The minimum absolute atomic E-state index is 0.0251. The van der Waals surface area contributed by atoms with Gasteiger partial charge in [0, 0.05) is 43.8 Å². The third-order valence-corrected chi connectivity index (χ3v) is 7.36. The molecule has 1 saturated heterocycles. The van der Waals surface area contributed by atoms with E-state index in [-0.39, 0.29) is 17.8 Å². The van der Waals surface area contributed by atoms with Crippen molar-refractivity contribution in [3.05, 3.63) is 63.7 Å². The van der Waals surface area contributed by atoms with Gasteiger partial charge >= 0.3 is 0 Å². The van der Waals surface area contributed by atoms with Crippen LogP contribution in [0.3, 0.4) is 0 Å². The van der Waals surface area contributed by atoms with E-state index in [2.05, 4.69) is 23.6 Å². The zero-order valence-corrected chi connectivity index (χ0v) is 21.5. The Kier molecular flexibility index (Phi) is 7.38. The van der Waals surface area contributed by atoms with Gasteiger partial charge in [0.1, 0.15) is 11.6 Å². The average Bonchev–Trinajstić information content (AvgIpc) is 3.45. The minimum atomic E-state index is -0.292. The number of nitrogens with zero attached hydrogens (tertiary/aromatic N) is 5. The predicted octanol–water partition coefficient (Wildman–Crippen LogP) is 4.96. The smallest absolute Gasteiger partial charge is 0.264 e. The van der Waals surface area contributed by atoms with Gasteiger partial charge in [-0.05, 0) is 64.3 Å². The van der Waals surface area contributed by atoms with Crippen LogP contribution in [0.5, 0.6) is 0 Å². The fraction of sp³-hybridized carbons (Fsp3) is 0.462. The number of carbonyl (C=O) groups is 1. The van der Waals surface area contributed by atoms with E-state index in [9.17, 15) is 9.18 Å². The number of hydrogen-bond acceptors (Lipinski definition) is 5. The molecule has 6 nitrogen and oxygen atoms in total. The molecule has 1 fully saturated rings. The molecule has 0 bridgehead atoms. The number of carbonyl (C=O) groups excluding carboxylic acids is 1. The van der Waals surface area contributed by atoms with Crippen molar-refractivity contribution in [1.29, 1.82) is 0 Å². The van der Waals surface area contributed by atoms with Crippen molar-refractivity contribution < 1.29 is 9.18 Å². The SMILES string of the molecule is Cc1nn(-c2cccc(F)c2)c(N2CCN(C(C)C)CC2)c1CN(C(=O)c1cccs1)C(C)C. The first-order valence-corrected chi connectivity index (χ1v) is 12.8. The van der Waals surface area contributed by atoms with Gasteiger partial charge in [0.05, 0.1) is 22.8 Å². The molecular weight excluding hydrogens is 449 g/mol. The van der Waals surface area contributed by atoms with Crippen molar-refractivity contribution >= 4 is 23.1 Å². The Labute approximate surface area is 205 Å². The number of amides is 1. The van der Waals surface area contributed by atoms with Crippen molar-refractivity contribution in [2.24, 2.45) is 0 Å². The zero-order chi connectivity index (χ0) is 24.4. The van der Waals surface area contributed by atoms with Gasteiger partial charge in [0.15, 0.2) is 0 Å². The summed E-state index contributed by atoms with van der Waals surface area (Å²) in [6.07, 6.45) is 0. The molecule has 0 spiro atoms. The molecule has 0 atom stereocenters. The van der Waals surface area contributed by atoms with Gasteiger partial charge in [-0.15, -0.1) is 11.3 Å². The summed E-state index contributed by atoms with van der Waals surface area (Å²) in [5.74, 6) is 0.689. The number of hydrogen-bond donors (Lipinski definition) is 0. The van der Waals surface area contributed by atoms with Crippen LogP contribution in [0.4, 0.5) is 10.2 Å². The fourth-order valence-electron chi connectivity index (χ4n) is 4.50. The first kappa shape index (κ1) is 24.4. The summed E-state index contributed by atoms with van der Waals surface area (Å²) in [5.41, 5.74) is 2.56. The maximum Gasteiger partial charge on any atom is 0.264 e. The molecule has 1 aliphatic heterocycles. The van der Waals surface area contributed by atoms with Crippen LogP contribution in [0.1, 0.15) is 48.6 Å². The fourth-order valence-corrected chi connectivity index (χ4v) is 5.18. The molecule has 4 rings (SSSR count). The first-order valence-electron chi connectivity index (χ1n) is 11.9. The Morgan fingerprint density at radius 2 is 1.85 bits per heavy atom. The van der Waals surface area contributed by atoms with Gasteiger partial charge in [0.2, 0.25) is 0 Å². The molecule has 34 heavy (non-hydrogen) atoms. The number of aryl methyl sites for hydroxylation is 1. The second-order valence-electron chi connectivity index (χ2n) is 9.40. The number of thiophene rings is 1. The molecule has 182 valence electrons. The third-order valence-electron chi connectivity index (χ3n) is 6.50. The summed E-state index contributed by atoms with van der Waals surface area (Å²) in [6, 6.07) is 10.9. The van der Waals surface area contributed by atoms with E-state index >= 15 is 0 Å². The van der Waals surface area contributed by atoms with Gasteiger partial charge < -0.3 is 9.80 Å². The highest BCUT2D eigenvalue weighted by atomic mass is 32.1. The monoisotopic (exact) mass is 483 g/mol. The predicted molar refractivity (Wildman–Crippen MR) is 137 cm³/mol. The van der Waals surface area contributed by atoms with E-state index in [1.165, 1.54) is 23.5 Å². The zero-order valence-electron chi connectivity index (χ0n) is 20.7. The van der Waals surface area contributed by atoms with Gasteiger partial charge in [-0.2, -0.15) is 5.10 Å². The van der Waals surface area contributed by atoms with Gasteiger partial charge in [-0.3, -0.25) is 9.69 Å². The normalized spacial score (nSPS) is 14.9. The number of halogens is 1. The summed E-state index contributed by atoms with van der Waals surface area (Å²) in [5, 5.41) is 6.77. The van der Waals surface area contributed by atoms with Crippen LogP contribution in [0.15, 0.2) is 41.8 Å². The van der Waals surface area contributed by atoms with Crippen LogP contribution in [0.2, 0.25) is 0 Å². The number of benzene rings is 1. The second-order valence-corrected chi connectivity index (χ2v) is 10.3. The molecule has 3 heterocycles. The van der Waals surface area contributed by atoms with Gasteiger partial charge in [0.25, 0.3) is 5.91 Å². The number of anilines is 1. The van der Waals surface area contributed by atoms with E-state index in [4.69, 9.17) is 5.10 Å². The number of rotatable bonds is 7. The quantitative estimate of drug-likeness (QED) is 0.476. The Morgan fingerprint density at radius 1 is 1.12 bits per heavy atom. The van der Waals surface area contributed by atoms with Crippen molar-refractivity contribution in [1.82, 2.24) is 19.6 Å². The van der Waals surface area contributed by atoms with Crippen LogP contribution in [-0.2, 0) is 6.54 Å². The van der Waals surface area contributed by atoms with Crippen molar-refractivity contribution in [2.45, 2.75) is 53.2 Å². The molecule has 3 aromatic rings. The van der Waals surface area contributed by atoms with Crippen molar-refractivity contribution in [2.75, 3.05) is 31.1 Å². The summed E-state index contributed by atoms with van der Waals surface area (Å²) in [6.45, 7) is 14.6. The van der Waals surface area contributed by atoms with Crippen molar-refractivity contribution in [3.63, 3.8) is 0 Å². The third kappa shape index (κ3) is 5.03. The Balaban J connectivity index is 1.75. The first-order chi connectivity index (χ1) is 16.3. The van der Waals surface area contributed by atoms with Gasteiger partial charge in [-0.1, -0.05) is 12.1 Å². The lowest BCUT2D eigenvalue weighted by molar-refractivity contribution is 0.0695. The average molecular weight is 484 g/mol. The lowest BCUT2D eigenvalue weighted by atomic mass is 10.1. The molecule has 0 N–H and O–H groups in total. The molecular formula is C26H34FN5OS. The molecule has 0 saturated carbocycles. The Bertz CT molecular complexity index is 1120. The number of piperazine rings is 1. The van der Waals surface area contributed by atoms with Crippen LogP contribution >= 0.6 is 11.3 Å².